The van der Waals surface area contributed by atoms with Gasteiger partial charge < -0.3 is 20.3 Å². The molecule has 4 heteroatoms. The smallest absolute Gasteiger partial charge is 0.120 e. The average Bonchev–Trinajstić information content (AvgIpc) is 2.49. The Hall–Kier alpha value is -1.26. The molecule has 2 unspecified atom stereocenters. The van der Waals surface area contributed by atoms with Crippen molar-refractivity contribution >= 4 is 0 Å². The third-order valence-electron chi connectivity index (χ3n) is 4.74. The van der Waals surface area contributed by atoms with Gasteiger partial charge in [0.2, 0.25) is 0 Å². The first-order valence-corrected chi connectivity index (χ1v) is 7.91. The number of nitrogens with one attached hydrogen (secondary N) is 1. The standard InChI is InChI=1S/C17H27NO3/c1-4-17(5-2)11-13(8-9-21-17)18-12(3)15-10-14(19)6-7-16(15)20/h6-7,10,12-13,18-20H,4-5,8-9,11H2,1-3H3. The summed E-state index contributed by atoms with van der Waals surface area (Å²) < 4.78 is 5.99. The van der Waals surface area contributed by atoms with Crippen molar-refractivity contribution in [2.45, 2.75) is 64.1 Å². The van der Waals surface area contributed by atoms with E-state index in [4.69, 9.17) is 4.74 Å². The number of ether oxygens (including phenoxy) is 1. The van der Waals surface area contributed by atoms with Crippen molar-refractivity contribution in [3.8, 4) is 11.5 Å². The van der Waals surface area contributed by atoms with Crippen LogP contribution in [0.2, 0.25) is 0 Å². The highest BCUT2D eigenvalue weighted by Gasteiger charge is 2.35. The molecule has 0 amide bonds. The van der Waals surface area contributed by atoms with Crippen molar-refractivity contribution < 1.29 is 14.9 Å². The summed E-state index contributed by atoms with van der Waals surface area (Å²) in [5.74, 6) is 0.400. The lowest BCUT2D eigenvalue weighted by Crippen LogP contribution is -2.47. The molecule has 0 saturated carbocycles. The van der Waals surface area contributed by atoms with Crippen LogP contribution in [0, 0.1) is 0 Å². The van der Waals surface area contributed by atoms with Gasteiger partial charge in [0.1, 0.15) is 11.5 Å². The van der Waals surface area contributed by atoms with Crippen LogP contribution in [0.5, 0.6) is 11.5 Å². The van der Waals surface area contributed by atoms with E-state index in [-0.39, 0.29) is 23.1 Å². The maximum absolute atomic E-state index is 9.95. The van der Waals surface area contributed by atoms with Crippen molar-refractivity contribution in [3.05, 3.63) is 23.8 Å². The van der Waals surface area contributed by atoms with Crippen molar-refractivity contribution in [3.63, 3.8) is 0 Å². The third-order valence-corrected chi connectivity index (χ3v) is 4.74. The Balaban J connectivity index is 2.05. The lowest BCUT2D eigenvalue weighted by atomic mass is 9.85. The van der Waals surface area contributed by atoms with Crippen LogP contribution in [0.1, 0.15) is 58.1 Å². The molecule has 1 fully saturated rings. The van der Waals surface area contributed by atoms with Crippen molar-refractivity contribution in [1.82, 2.24) is 5.32 Å². The minimum Gasteiger partial charge on any atom is -0.508 e. The number of hydrogen-bond acceptors (Lipinski definition) is 4. The van der Waals surface area contributed by atoms with Crippen LogP contribution in [0.4, 0.5) is 0 Å². The van der Waals surface area contributed by atoms with E-state index >= 15 is 0 Å². The lowest BCUT2D eigenvalue weighted by molar-refractivity contribution is -0.0939. The first-order chi connectivity index (χ1) is 9.99. The Labute approximate surface area is 127 Å². The molecule has 4 nitrogen and oxygen atoms in total. The molecule has 0 radical (unpaired) electrons. The molecule has 0 spiro atoms. The number of rotatable bonds is 5. The first kappa shape index (κ1) is 16.1. The zero-order chi connectivity index (χ0) is 15.5. The van der Waals surface area contributed by atoms with Crippen LogP contribution >= 0.6 is 0 Å². The number of benzene rings is 1. The van der Waals surface area contributed by atoms with Gasteiger partial charge in [-0.05, 0) is 50.8 Å². The molecule has 0 aromatic heterocycles. The van der Waals surface area contributed by atoms with Crippen LogP contribution < -0.4 is 5.32 Å². The van der Waals surface area contributed by atoms with E-state index in [0.717, 1.165) is 37.9 Å². The minimum absolute atomic E-state index is 0.00777. The summed E-state index contributed by atoms with van der Waals surface area (Å²) in [5, 5.41) is 23.1. The second-order valence-electron chi connectivity index (χ2n) is 6.06. The van der Waals surface area contributed by atoms with Gasteiger partial charge in [-0.25, -0.2) is 0 Å². The number of phenols is 2. The van der Waals surface area contributed by atoms with Gasteiger partial charge in [-0.3, -0.25) is 0 Å². The summed E-state index contributed by atoms with van der Waals surface area (Å²) in [4.78, 5) is 0. The largest absolute Gasteiger partial charge is 0.508 e. The van der Waals surface area contributed by atoms with E-state index in [1.54, 1.807) is 6.07 Å². The predicted molar refractivity (Wildman–Crippen MR) is 83.6 cm³/mol. The predicted octanol–water partition coefficient (Wildman–Crippen LogP) is 3.49. The van der Waals surface area contributed by atoms with Gasteiger partial charge in [0.05, 0.1) is 5.60 Å². The Morgan fingerprint density at radius 1 is 1.33 bits per heavy atom. The van der Waals surface area contributed by atoms with Gasteiger partial charge in [-0.1, -0.05) is 13.8 Å². The average molecular weight is 293 g/mol. The maximum Gasteiger partial charge on any atom is 0.120 e. The van der Waals surface area contributed by atoms with E-state index in [1.807, 2.05) is 6.92 Å². The minimum atomic E-state index is -0.0174. The zero-order valence-electron chi connectivity index (χ0n) is 13.2. The van der Waals surface area contributed by atoms with Gasteiger partial charge in [0.25, 0.3) is 0 Å². The lowest BCUT2D eigenvalue weighted by Gasteiger charge is -2.41. The summed E-state index contributed by atoms with van der Waals surface area (Å²) in [6, 6.07) is 5.02. The van der Waals surface area contributed by atoms with Crippen molar-refractivity contribution in [2.24, 2.45) is 0 Å². The highest BCUT2D eigenvalue weighted by molar-refractivity contribution is 5.40. The summed E-state index contributed by atoms with van der Waals surface area (Å²) >= 11 is 0. The first-order valence-electron chi connectivity index (χ1n) is 7.91. The summed E-state index contributed by atoms with van der Waals surface area (Å²) in [6.45, 7) is 7.15. The van der Waals surface area contributed by atoms with E-state index < -0.39 is 0 Å². The molecule has 1 aromatic carbocycles. The second-order valence-corrected chi connectivity index (χ2v) is 6.06. The number of hydrogen-bond donors (Lipinski definition) is 3. The van der Waals surface area contributed by atoms with Crippen molar-refractivity contribution in [2.75, 3.05) is 6.61 Å². The Bertz CT molecular complexity index is 471. The summed E-state index contributed by atoms with van der Waals surface area (Å²) in [5.41, 5.74) is 0.719. The third kappa shape index (κ3) is 3.69. The Morgan fingerprint density at radius 2 is 2.05 bits per heavy atom. The van der Waals surface area contributed by atoms with Crippen LogP contribution in [0.25, 0.3) is 0 Å². The van der Waals surface area contributed by atoms with Gasteiger partial charge in [-0.2, -0.15) is 0 Å². The molecule has 0 bridgehead atoms. The molecular weight excluding hydrogens is 266 g/mol. The highest BCUT2D eigenvalue weighted by Crippen LogP contribution is 2.34. The molecular formula is C17H27NO3. The fourth-order valence-corrected chi connectivity index (χ4v) is 3.24. The van der Waals surface area contributed by atoms with Gasteiger partial charge in [0, 0.05) is 24.3 Å². The van der Waals surface area contributed by atoms with Crippen LogP contribution in [-0.4, -0.2) is 28.5 Å². The quantitative estimate of drug-likeness (QED) is 0.727. The fourth-order valence-electron chi connectivity index (χ4n) is 3.24. The van der Waals surface area contributed by atoms with Crippen molar-refractivity contribution in [1.29, 1.82) is 0 Å². The number of aromatic hydroxyl groups is 2. The molecule has 0 aliphatic carbocycles. The molecule has 118 valence electrons. The van der Waals surface area contributed by atoms with Crippen LogP contribution in [0.15, 0.2) is 18.2 Å². The molecule has 1 aromatic rings. The van der Waals surface area contributed by atoms with Gasteiger partial charge >= 0.3 is 0 Å². The van der Waals surface area contributed by atoms with Crippen LogP contribution in [-0.2, 0) is 4.74 Å². The summed E-state index contributed by atoms with van der Waals surface area (Å²) in [7, 11) is 0. The second kappa shape index (κ2) is 6.67. The SMILES string of the molecule is CCC1(CC)CC(NC(C)c2cc(O)ccc2O)CCO1. The fraction of sp³-hybridized carbons (Fsp3) is 0.647. The van der Waals surface area contributed by atoms with E-state index in [9.17, 15) is 10.2 Å². The molecule has 3 N–H and O–H groups in total. The topological polar surface area (TPSA) is 61.7 Å². The number of phenolic OH excluding ortho intramolecular Hbond substituents is 2. The molecule has 2 rings (SSSR count). The molecule has 2 atom stereocenters. The van der Waals surface area contributed by atoms with Crippen LogP contribution in [0.3, 0.4) is 0 Å². The normalized spacial score (nSPS) is 22.9. The van der Waals surface area contributed by atoms with E-state index in [2.05, 4.69) is 19.2 Å². The monoisotopic (exact) mass is 293 g/mol. The van der Waals surface area contributed by atoms with E-state index in [1.165, 1.54) is 12.1 Å². The molecule has 1 aliphatic heterocycles. The summed E-state index contributed by atoms with van der Waals surface area (Å²) in [6.07, 6.45) is 4.01. The highest BCUT2D eigenvalue weighted by atomic mass is 16.5. The van der Waals surface area contributed by atoms with E-state index in [0.29, 0.717) is 6.04 Å². The van der Waals surface area contributed by atoms with Gasteiger partial charge in [0.15, 0.2) is 0 Å². The van der Waals surface area contributed by atoms with Gasteiger partial charge in [-0.15, -0.1) is 0 Å². The maximum atomic E-state index is 9.95. The molecule has 1 heterocycles. The molecule has 21 heavy (non-hydrogen) atoms. The molecule has 1 aliphatic rings. The Kier molecular flexibility index (Phi) is 5.12. The molecule has 1 saturated heterocycles. The zero-order valence-corrected chi connectivity index (χ0v) is 13.2. The Morgan fingerprint density at radius 3 is 2.71 bits per heavy atom.